The Bertz CT molecular complexity index is 1700. The molecule has 0 aliphatic carbocycles. The van der Waals surface area contributed by atoms with Gasteiger partial charge in [0, 0.05) is 55.8 Å². The van der Waals surface area contributed by atoms with E-state index in [1.807, 2.05) is 0 Å². The second-order valence-electron chi connectivity index (χ2n) is 11.4. The number of alkyl halides is 3. The van der Waals surface area contributed by atoms with Gasteiger partial charge in [0.1, 0.15) is 17.1 Å². The van der Waals surface area contributed by atoms with Crippen LogP contribution in [0.15, 0.2) is 46.8 Å². The topological polar surface area (TPSA) is 155 Å². The number of aliphatic imine (C=N–C) groups is 1. The largest absolute Gasteiger partial charge is 0.573 e. The summed E-state index contributed by atoms with van der Waals surface area (Å²) in [5, 5.41) is 3.72. The number of sulfonamides is 1. The highest BCUT2D eigenvalue weighted by atomic mass is 32.2. The third kappa shape index (κ3) is 7.02. The number of carbonyl (C=O) groups is 3. The number of halogens is 3. The number of nitrogens with zero attached hydrogens (tertiary/aromatic N) is 4. The lowest BCUT2D eigenvalue weighted by atomic mass is 9.89. The van der Waals surface area contributed by atoms with E-state index in [9.17, 15) is 36.0 Å². The van der Waals surface area contributed by atoms with Crippen LogP contribution in [-0.4, -0.2) is 97.4 Å². The summed E-state index contributed by atoms with van der Waals surface area (Å²) >= 11 is 0. The number of aryl methyl sites for hydroxylation is 2. The highest BCUT2D eigenvalue weighted by Crippen LogP contribution is 2.33. The minimum Gasteiger partial charge on any atom is -0.406 e. The third-order valence-electron chi connectivity index (χ3n) is 8.36. The molecule has 2 aromatic carbocycles. The van der Waals surface area contributed by atoms with Crippen molar-refractivity contribution < 1.29 is 40.7 Å². The van der Waals surface area contributed by atoms with Crippen LogP contribution in [-0.2, 0) is 14.8 Å². The zero-order valence-electron chi connectivity index (χ0n) is 25.1. The summed E-state index contributed by atoms with van der Waals surface area (Å²) in [6.07, 6.45) is -3.23. The molecule has 3 aliphatic heterocycles. The number of piperazine rings is 1. The number of amidine groups is 1. The Morgan fingerprint density at radius 3 is 2.20 bits per heavy atom. The Morgan fingerprint density at radius 2 is 1.61 bits per heavy atom. The number of hydrogen-bond donors (Lipinski definition) is 2. The molecule has 3 N–H and O–H groups in total. The van der Waals surface area contributed by atoms with Gasteiger partial charge in [-0.2, -0.15) is 4.31 Å². The van der Waals surface area contributed by atoms with E-state index >= 15 is 0 Å². The number of nitrogens with two attached hydrogens (primary N) is 1. The van der Waals surface area contributed by atoms with Gasteiger partial charge in [-0.3, -0.25) is 14.6 Å². The van der Waals surface area contributed by atoms with Gasteiger partial charge in [-0.05, 0) is 73.7 Å². The first-order valence-electron chi connectivity index (χ1n) is 14.5. The Hall–Kier alpha value is -4.44. The van der Waals surface area contributed by atoms with Crippen LogP contribution in [0.2, 0.25) is 0 Å². The number of nitrogens with one attached hydrogen (secondary N) is 1. The van der Waals surface area contributed by atoms with Gasteiger partial charge >= 0.3 is 12.4 Å². The summed E-state index contributed by atoms with van der Waals surface area (Å²) in [5.74, 6) is -1.00. The number of rotatable bonds is 6. The molecule has 246 valence electrons. The number of carbonyl (C=O) groups excluding carboxylic acids is 3. The molecule has 0 unspecified atom stereocenters. The lowest BCUT2D eigenvalue weighted by Crippen LogP contribution is -2.52. The molecular formula is C30H33F3N6O6S. The quantitative estimate of drug-likeness (QED) is 0.485. The second kappa shape index (κ2) is 12.4. The lowest BCUT2D eigenvalue weighted by molar-refractivity contribution is -0.274. The molecule has 16 heteroatoms. The maximum atomic E-state index is 13.3. The van der Waals surface area contributed by atoms with E-state index in [0.29, 0.717) is 48.4 Å². The monoisotopic (exact) mass is 662 g/mol. The van der Waals surface area contributed by atoms with E-state index in [-0.39, 0.29) is 43.2 Å². The summed E-state index contributed by atoms with van der Waals surface area (Å²) in [6.45, 7) is 4.98. The maximum Gasteiger partial charge on any atom is 0.573 e. The molecular weight excluding hydrogens is 629 g/mol. The van der Waals surface area contributed by atoms with Gasteiger partial charge in [-0.25, -0.2) is 13.2 Å². The van der Waals surface area contributed by atoms with E-state index in [1.54, 1.807) is 30.9 Å². The van der Waals surface area contributed by atoms with Gasteiger partial charge in [0.05, 0.1) is 0 Å². The summed E-state index contributed by atoms with van der Waals surface area (Å²) in [4.78, 5) is 45.0. The first-order valence-corrected chi connectivity index (χ1v) is 16.0. The highest BCUT2D eigenvalue weighted by Gasteiger charge is 2.47. The molecule has 5 rings (SSSR count). The van der Waals surface area contributed by atoms with E-state index < -0.39 is 39.6 Å². The van der Waals surface area contributed by atoms with E-state index in [0.717, 1.165) is 17.5 Å². The molecule has 4 amide bonds. The number of urea groups is 1. The Balaban J connectivity index is 1.24. The van der Waals surface area contributed by atoms with Crippen LogP contribution in [0.3, 0.4) is 0 Å². The van der Waals surface area contributed by atoms with Crippen LogP contribution in [0, 0.1) is 13.8 Å². The molecule has 0 bridgehead atoms. The van der Waals surface area contributed by atoms with Crippen molar-refractivity contribution in [1.82, 2.24) is 19.4 Å². The van der Waals surface area contributed by atoms with Crippen molar-refractivity contribution in [2.24, 2.45) is 10.7 Å². The Morgan fingerprint density at radius 1 is 1.00 bits per heavy atom. The smallest absolute Gasteiger partial charge is 0.406 e. The van der Waals surface area contributed by atoms with Gasteiger partial charge < -0.3 is 25.6 Å². The summed E-state index contributed by atoms with van der Waals surface area (Å²) < 4.78 is 69.7. The standard InChI is InChI=1S/C30H33F3N6O6S/c1-19-16-22(26(40)37-11-13-38(14-12-37)28(34)42)17-20(2)24(19)6-15-46(43,44)39-9-7-29(8-10-39)27(41)35-25(36-29)21-4-3-5-23(18-21)45-30(31,32)33/h3-6,15-18H,7-14H2,1-2H3,(H2,34,42)(H,35,36,41). The van der Waals surface area contributed by atoms with Crippen LogP contribution in [0.1, 0.15) is 45.5 Å². The summed E-state index contributed by atoms with van der Waals surface area (Å²) in [7, 11) is -3.89. The van der Waals surface area contributed by atoms with Crippen molar-refractivity contribution >= 4 is 39.8 Å². The average Bonchev–Trinajstić information content (AvgIpc) is 3.30. The first kappa shape index (κ1) is 32.9. The van der Waals surface area contributed by atoms with Crippen LogP contribution >= 0.6 is 0 Å². The fraction of sp³-hybridized carbons (Fsp3) is 0.400. The Kier molecular flexibility index (Phi) is 8.88. The van der Waals surface area contributed by atoms with Crippen LogP contribution < -0.4 is 15.8 Å². The van der Waals surface area contributed by atoms with Gasteiger partial charge in [0.2, 0.25) is 10.0 Å². The molecule has 2 aromatic rings. The van der Waals surface area contributed by atoms with E-state index in [1.165, 1.54) is 27.4 Å². The molecule has 0 saturated carbocycles. The number of amides is 4. The zero-order valence-corrected chi connectivity index (χ0v) is 25.9. The number of benzene rings is 2. The van der Waals surface area contributed by atoms with Crippen molar-refractivity contribution in [2.75, 3.05) is 39.3 Å². The number of primary amides is 1. The predicted octanol–water partition coefficient (Wildman–Crippen LogP) is 2.75. The molecule has 46 heavy (non-hydrogen) atoms. The number of ether oxygens (including phenoxy) is 1. The summed E-state index contributed by atoms with van der Waals surface area (Å²) in [6, 6.07) is 7.97. The zero-order chi connectivity index (χ0) is 33.4. The second-order valence-corrected chi connectivity index (χ2v) is 13.2. The van der Waals surface area contributed by atoms with Crippen LogP contribution in [0.4, 0.5) is 18.0 Å². The molecule has 0 radical (unpaired) electrons. The maximum absolute atomic E-state index is 13.3. The predicted molar refractivity (Wildman–Crippen MR) is 162 cm³/mol. The fourth-order valence-electron chi connectivity index (χ4n) is 5.86. The van der Waals surface area contributed by atoms with Gasteiger partial charge in [-0.1, -0.05) is 12.1 Å². The van der Waals surface area contributed by atoms with Gasteiger partial charge in [-0.15, -0.1) is 13.2 Å². The molecule has 2 saturated heterocycles. The van der Waals surface area contributed by atoms with Gasteiger partial charge in [0.15, 0.2) is 0 Å². The molecule has 3 heterocycles. The summed E-state index contributed by atoms with van der Waals surface area (Å²) in [5.41, 5.74) is 6.82. The minimum absolute atomic E-state index is 0.00250. The highest BCUT2D eigenvalue weighted by molar-refractivity contribution is 7.92. The first-order chi connectivity index (χ1) is 21.6. The van der Waals surface area contributed by atoms with Crippen molar-refractivity contribution in [3.63, 3.8) is 0 Å². The van der Waals surface area contributed by atoms with Crippen LogP contribution in [0.5, 0.6) is 5.75 Å². The van der Waals surface area contributed by atoms with Crippen molar-refractivity contribution in [3.05, 3.63) is 69.6 Å². The number of piperidine rings is 1. The minimum atomic E-state index is -4.88. The number of hydrogen-bond acceptors (Lipinski definition) is 7. The SMILES string of the molecule is Cc1cc(C(=O)N2CCN(C(N)=O)CC2)cc(C)c1C=CS(=O)(=O)N1CCC2(CC1)N=C(c1cccc(OC(F)(F)F)c1)NC2=O. The van der Waals surface area contributed by atoms with E-state index in [2.05, 4.69) is 15.0 Å². The van der Waals surface area contributed by atoms with Crippen molar-refractivity contribution in [3.8, 4) is 5.75 Å². The molecule has 0 aromatic heterocycles. The molecule has 12 nitrogen and oxygen atoms in total. The average molecular weight is 663 g/mol. The Labute approximate surface area is 263 Å². The van der Waals surface area contributed by atoms with Crippen molar-refractivity contribution in [2.45, 2.75) is 38.6 Å². The van der Waals surface area contributed by atoms with Crippen molar-refractivity contribution in [1.29, 1.82) is 0 Å². The third-order valence-corrected chi connectivity index (χ3v) is 9.92. The lowest BCUT2D eigenvalue weighted by Gasteiger charge is -2.34. The molecule has 3 aliphatic rings. The van der Waals surface area contributed by atoms with Gasteiger partial charge in [0.25, 0.3) is 11.8 Å². The molecule has 0 atom stereocenters. The fourth-order valence-corrected chi connectivity index (χ4v) is 7.03. The van der Waals surface area contributed by atoms with Crippen LogP contribution in [0.25, 0.3) is 6.08 Å². The van der Waals surface area contributed by atoms with E-state index in [4.69, 9.17) is 5.73 Å². The normalized spacial score (nSPS) is 19.0. The molecule has 1 spiro atoms. The molecule has 2 fully saturated rings.